The van der Waals surface area contributed by atoms with Crippen LogP contribution in [0.3, 0.4) is 0 Å². The maximum absolute atomic E-state index is 12.8. The molecule has 0 unspecified atom stereocenters. The highest BCUT2D eigenvalue weighted by Crippen LogP contribution is 2.29. The Labute approximate surface area is 149 Å². The van der Waals surface area contributed by atoms with E-state index in [1.165, 1.54) is 19.3 Å². The predicted octanol–water partition coefficient (Wildman–Crippen LogP) is 1.18. The van der Waals surface area contributed by atoms with Crippen molar-refractivity contribution in [1.29, 1.82) is 0 Å². The Bertz CT molecular complexity index is 706. The molecule has 2 aliphatic rings. The Morgan fingerprint density at radius 2 is 1.88 bits per heavy atom. The van der Waals surface area contributed by atoms with Gasteiger partial charge in [0.05, 0.1) is 11.9 Å². The number of carbonyl (C=O) groups is 1. The van der Waals surface area contributed by atoms with Crippen molar-refractivity contribution in [3.63, 3.8) is 0 Å². The molecule has 0 radical (unpaired) electrons. The number of hydrogen-bond donors (Lipinski definition) is 2. The summed E-state index contributed by atoms with van der Waals surface area (Å²) in [6, 6.07) is 3.68. The van der Waals surface area contributed by atoms with E-state index in [1.807, 2.05) is 6.07 Å². The zero-order valence-electron chi connectivity index (χ0n) is 14.6. The van der Waals surface area contributed by atoms with Gasteiger partial charge in [-0.15, -0.1) is 0 Å². The van der Waals surface area contributed by atoms with Crippen LogP contribution in [0.15, 0.2) is 18.3 Å². The Morgan fingerprint density at radius 1 is 1.20 bits per heavy atom. The molecule has 1 amide bonds. The third-order valence-corrected chi connectivity index (χ3v) is 7.23. The van der Waals surface area contributed by atoms with Crippen LogP contribution < -0.4 is 15.5 Å². The fraction of sp³-hybridized carbons (Fsp3) is 0.647. The van der Waals surface area contributed by atoms with Crippen molar-refractivity contribution in [3.8, 4) is 0 Å². The Morgan fingerprint density at radius 3 is 2.44 bits per heavy atom. The topological polar surface area (TPSA) is 91.4 Å². The first-order valence-electron chi connectivity index (χ1n) is 8.85. The van der Waals surface area contributed by atoms with Gasteiger partial charge in [-0.3, -0.25) is 4.79 Å². The zero-order chi connectivity index (χ0) is 17.9. The molecular weight excluding hydrogens is 340 g/mol. The number of aromatic nitrogens is 1. The van der Waals surface area contributed by atoms with Crippen molar-refractivity contribution < 1.29 is 13.2 Å². The highest BCUT2D eigenvalue weighted by atomic mass is 32.2. The first kappa shape index (κ1) is 18.1. The lowest BCUT2D eigenvalue weighted by Gasteiger charge is -2.34. The number of anilines is 2. The maximum atomic E-state index is 12.8. The fourth-order valence-corrected chi connectivity index (χ4v) is 4.95. The number of sulfone groups is 1. The van der Waals surface area contributed by atoms with Gasteiger partial charge in [-0.05, 0) is 57.3 Å². The molecule has 0 saturated carbocycles. The minimum Gasteiger partial charge on any atom is -0.357 e. The Balaban J connectivity index is 1.73. The summed E-state index contributed by atoms with van der Waals surface area (Å²) in [6.07, 6.45) is 6.94. The number of rotatable bonds is 4. The Kier molecular flexibility index (Phi) is 5.29. The molecule has 2 saturated heterocycles. The molecule has 2 aliphatic heterocycles. The van der Waals surface area contributed by atoms with E-state index in [1.54, 1.807) is 12.3 Å². The van der Waals surface area contributed by atoms with E-state index in [2.05, 4.69) is 20.5 Å². The lowest BCUT2D eigenvalue weighted by Crippen LogP contribution is -2.55. The van der Waals surface area contributed by atoms with E-state index >= 15 is 0 Å². The van der Waals surface area contributed by atoms with Crippen molar-refractivity contribution in [2.75, 3.05) is 42.7 Å². The van der Waals surface area contributed by atoms with Gasteiger partial charge in [0, 0.05) is 19.3 Å². The molecule has 0 aliphatic carbocycles. The molecule has 1 aromatic rings. The van der Waals surface area contributed by atoms with E-state index in [9.17, 15) is 13.2 Å². The average molecular weight is 366 g/mol. The second kappa shape index (κ2) is 7.29. The first-order chi connectivity index (χ1) is 11.9. The molecule has 2 N–H and O–H groups in total. The largest absolute Gasteiger partial charge is 0.357 e. The zero-order valence-corrected chi connectivity index (χ0v) is 15.4. The van der Waals surface area contributed by atoms with Crippen molar-refractivity contribution in [2.45, 2.75) is 36.9 Å². The van der Waals surface area contributed by atoms with E-state index in [0.29, 0.717) is 18.8 Å². The summed E-state index contributed by atoms with van der Waals surface area (Å²) < 4.78 is 23.2. The molecule has 3 heterocycles. The molecule has 8 heteroatoms. The van der Waals surface area contributed by atoms with Gasteiger partial charge in [0.15, 0.2) is 14.6 Å². The van der Waals surface area contributed by atoms with Crippen LogP contribution in [0.1, 0.15) is 32.1 Å². The monoisotopic (exact) mass is 366 g/mol. The van der Waals surface area contributed by atoms with E-state index in [-0.39, 0.29) is 12.8 Å². The van der Waals surface area contributed by atoms with Crippen LogP contribution >= 0.6 is 0 Å². The summed E-state index contributed by atoms with van der Waals surface area (Å²) >= 11 is 0. The molecule has 0 aromatic carbocycles. The minimum atomic E-state index is -3.51. The van der Waals surface area contributed by atoms with Gasteiger partial charge in [0.1, 0.15) is 5.82 Å². The number of carbonyl (C=O) groups excluding carboxylic acids is 1. The SMILES string of the molecule is CS(=O)(=O)C1(C(=O)Nc2ccc(N3CCCCC3)nc2)CCNCC1. The van der Waals surface area contributed by atoms with E-state index in [4.69, 9.17) is 0 Å². The van der Waals surface area contributed by atoms with Crippen LogP contribution in [0.5, 0.6) is 0 Å². The number of hydrogen-bond acceptors (Lipinski definition) is 6. The van der Waals surface area contributed by atoms with Gasteiger partial charge in [0.25, 0.3) is 0 Å². The summed E-state index contributed by atoms with van der Waals surface area (Å²) in [5.41, 5.74) is 0.535. The van der Waals surface area contributed by atoms with Gasteiger partial charge < -0.3 is 15.5 Å². The molecular formula is C17H26N4O3S. The summed E-state index contributed by atoms with van der Waals surface area (Å²) in [6.45, 7) is 3.05. The van der Waals surface area contributed by atoms with Gasteiger partial charge >= 0.3 is 0 Å². The Hall–Kier alpha value is -1.67. The summed E-state index contributed by atoms with van der Waals surface area (Å²) in [5.74, 6) is 0.446. The van der Waals surface area contributed by atoms with Crippen molar-refractivity contribution in [2.24, 2.45) is 0 Å². The molecule has 25 heavy (non-hydrogen) atoms. The van der Waals surface area contributed by atoms with Crippen LogP contribution in [-0.2, 0) is 14.6 Å². The molecule has 0 spiro atoms. The smallest absolute Gasteiger partial charge is 0.245 e. The van der Waals surface area contributed by atoms with Gasteiger partial charge in [-0.1, -0.05) is 0 Å². The summed E-state index contributed by atoms with van der Waals surface area (Å²) in [4.78, 5) is 19.4. The molecule has 2 fully saturated rings. The van der Waals surface area contributed by atoms with Crippen LogP contribution in [0.4, 0.5) is 11.5 Å². The van der Waals surface area contributed by atoms with Gasteiger partial charge in [0.2, 0.25) is 5.91 Å². The van der Waals surface area contributed by atoms with Crippen molar-refractivity contribution in [3.05, 3.63) is 18.3 Å². The minimum absolute atomic E-state index is 0.289. The lowest BCUT2D eigenvalue weighted by atomic mass is 9.96. The number of piperidine rings is 2. The fourth-order valence-electron chi connectivity index (χ4n) is 3.61. The normalized spacial score (nSPS) is 20.9. The molecule has 3 rings (SSSR count). The molecule has 0 atom stereocenters. The van der Waals surface area contributed by atoms with Crippen LogP contribution in [0.25, 0.3) is 0 Å². The second-order valence-corrected chi connectivity index (χ2v) is 9.25. The second-order valence-electron chi connectivity index (χ2n) is 6.92. The highest BCUT2D eigenvalue weighted by molar-refractivity contribution is 7.92. The lowest BCUT2D eigenvalue weighted by molar-refractivity contribution is -0.119. The highest BCUT2D eigenvalue weighted by Gasteiger charge is 2.48. The van der Waals surface area contributed by atoms with Crippen LogP contribution in [-0.4, -0.2) is 56.5 Å². The number of nitrogens with zero attached hydrogens (tertiary/aromatic N) is 2. The number of amides is 1. The number of nitrogens with one attached hydrogen (secondary N) is 2. The molecule has 1 aromatic heterocycles. The van der Waals surface area contributed by atoms with Gasteiger partial charge in [-0.25, -0.2) is 13.4 Å². The first-order valence-corrected chi connectivity index (χ1v) is 10.7. The standard InChI is InChI=1S/C17H26N4O3S/c1-25(23,24)17(7-9-18-10-8-17)16(22)20-14-5-6-15(19-13-14)21-11-3-2-4-12-21/h5-6,13,18H,2-4,7-12H2,1H3,(H,20,22). The maximum Gasteiger partial charge on any atom is 0.245 e. The summed E-state index contributed by atoms with van der Waals surface area (Å²) in [5, 5.41) is 5.87. The van der Waals surface area contributed by atoms with Crippen LogP contribution in [0, 0.1) is 0 Å². The molecule has 138 valence electrons. The van der Waals surface area contributed by atoms with Gasteiger partial charge in [-0.2, -0.15) is 0 Å². The molecule has 0 bridgehead atoms. The predicted molar refractivity (Wildman–Crippen MR) is 98.6 cm³/mol. The molecule has 7 nitrogen and oxygen atoms in total. The number of pyridine rings is 1. The third kappa shape index (κ3) is 3.79. The van der Waals surface area contributed by atoms with Crippen molar-refractivity contribution >= 4 is 27.2 Å². The summed E-state index contributed by atoms with van der Waals surface area (Å²) in [7, 11) is -3.51. The average Bonchev–Trinajstić information content (AvgIpc) is 2.63. The third-order valence-electron chi connectivity index (χ3n) is 5.22. The quantitative estimate of drug-likeness (QED) is 0.831. The van der Waals surface area contributed by atoms with Crippen molar-refractivity contribution in [1.82, 2.24) is 10.3 Å². The van der Waals surface area contributed by atoms with E-state index < -0.39 is 20.5 Å². The van der Waals surface area contributed by atoms with E-state index in [0.717, 1.165) is 25.2 Å². The van der Waals surface area contributed by atoms with Crippen LogP contribution in [0.2, 0.25) is 0 Å².